The van der Waals surface area contributed by atoms with E-state index in [-0.39, 0.29) is 6.10 Å². The predicted octanol–water partition coefficient (Wildman–Crippen LogP) is 2.36. The molecule has 134 valence electrons. The van der Waals surface area contributed by atoms with Crippen LogP contribution in [0.5, 0.6) is 5.75 Å². The fraction of sp³-hybridized carbons (Fsp3) is 0.500. The Kier molecular flexibility index (Phi) is 5.21. The van der Waals surface area contributed by atoms with Gasteiger partial charge in [-0.15, -0.1) is 10.2 Å². The fourth-order valence-corrected chi connectivity index (χ4v) is 2.98. The summed E-state index contributed by atoms with van der Waals surface area (Å²) < 4.78 is 7.81. The molecule has 1 aromatic carbocycles. The Bertz CT molecular complexity index is 735. The topological polar surface area (TPSA) is 90.4 Å². The molecule has 0 aliphatic carbocycles. The van der Waals surface area contributed by atoms with Gasteiger partial charge in [0.15, 0.2) is 5.96 Å². The lowest BCUT2D eigenvalue weighted by Gasteiger charge is -2.22. The van der Waals surface area contributed by atoms with Gasteiger partial charge in [-0.1, -0.05) is 0 Å². The molecular weight excluding hydrogens is 316 g/mol. The largest absolute Gasteiger partial charge is 0.491 e. The first-order valence-electron chi connectivity index (χ1n) is 8.73. The van der Waals surface area contributed by atoms with Gasteiger partial charge >= 0.3 is 0 Å². The zero-order valence-corrected chi connectivity index (χ0v) is 15.1. The summed E-state index contributed by atoms with van der Waals surface area (Å²) in [6, 6.07) is 7.72. The van der Waals surface area contributed by atoms with E-state index >= 15 is 0 Å². The van der Waals surface area contributed by atoms with Crippen LogP contribution in [-0.4, -0.2) is 33.4 Å². The van der Waals surface area contributed by atoms with Crippen molar-refractivity contribution < 1.29 is 4.74 Å². The molecule has 0 amide bonds. The highest BCUT2D eigenvalue weighted by atomic mass is 16.5. The fourth-order valence-electron chi connectivity index (χ4n) is 2.98. The number of nitrogens with two attached hydrogens (primary N) is 1. The van der Waals surface area contributed by atoms with Crippen molar-refractivity contribution >= 4 is 11.6 Å². The summed E-state index contributed by atoms with van der Waals surface area (Å²) in [5.41, 5.74) is 6.92. The zero-order valence-electron chi connectivity index (χ0n) is 15.1. The number of anilines is 1. The minimum absolute atomic E-state index is 0.163. The Morgan fingerprint density at radius 1 is 1.36 bits per heavy atom. The summed E-state index contributed by atoms with van der Waals surface area (Å²) in [5, 5.41) is 11.5. The Morgan fingerprint density at radius 2 is 2.12 bits per heavy atom. The van der Waals surface area contributed by atoms with Crippen LogP contribution in [0, 0.1) is 12.8 Å². The maximum Gasteiger partial charge on any atom is 0.193 e. The van der Waals surface area contributed by atoms with Crippen molar-refractivity contribution in [1.82, 2.24) is 14.8 Å². The standard InChI is InChI=1S/C18H26N6O/c1-12(2)25-16-7-5-15(6-8-16)21-18(19)20-10-14-4-9-17-23-22-13(3)24(17)11-14/h5-8,12,14H,4,9-11H2,1-3H3,(H3,19,20,21). The molecule has 3 rings (SSSR count). The molecule has 2 aromatic rings. The summed E-state index contributed by atoms with van der Waals surface area (Å²) in [5.74, 6) is 3.79. The predicted molar refractivity (Wildman–Crippen MR) is 98.9 cm³/mol. The lowest BCUT2D eigenvalue weighted by atomic mass is 9.99. The number of hydrogen-bond acceptors (Lipinski definition) is 4. The quantitative estimate of drug-likeness (QED) is 0.643. The smallest absolute Gasteiger partial charge is 0.193 e. The van der Waals surface area contributed by atoms with Gasteiger partial charge in [-0.05, 0) is 57.4 Å². The van der Waals surface area contributed by atoms with E-state index in [1.807, 2.05) is 45.0 Å². The van der Waals surface area contributed by atoms with Crippen LogP contribution in [0.1, 0.15) is 31.9 Å². The van der Waals surface area contributed by atoms with E-state index in [4.69, 9.17) is 10.5 Å². The van der Waals surface area contributed by atoms with Crippen molar-refractivity contribution in [2.75, 3.05) is 11.9 Å². The van der Waals surface area contributed by atoms with E-state index < -0.39 is 0 Å². The van der Waals surface area contributed by atoms with Crippen molar-refractivity contribution in [1.29, 1.82) is 0 Å². The normalized spacial score (nSPS) is 17.4. The first-order valence-corrected chi connectivity index (χ1v) is 8.73. The number of aryl methyl sites for hydroxylation is 2. The van der Waals surface area contributed by atoms with E-state index in [1.165, 1.54) is 0 Å². The summed E-state index contributed by atoms with van der Waals surface area (Å²) in [7, 11) is 0. The second-order valence-electron chi connectivity index (χ2n) is 6.72. The molecule has 25 heavy (non-hydrogen) atoms. The van der Waals surface area contributed by atoms with Gasteiger partial charge in [0.05, 0.1) is 6.10 Å². The zero-order chi connectivity index (χ0) is 17.8. The van der Waals surface area contributed by atoms with Crippen molar-refractivity contribution in [3.8, 4) is 5.75 Å². The van der Waals surface area contributed by atoms with Gasteiger partial charge in [-0.25, -0.2) is 0 Å². The van der Waals surface area contributed by atoms with Gasteiger partial charge < -0.3 is 20.4 Å². The summed E-state index contributed by atoms with van der Waals surface area (Å²) in [4.78, 5) is 4.50. The van der Waals surface area contributed by atoms with Crippen LogP contribution in [0.15, 0.2) is 29.3 Å². The van der Waals surface area contributed by atoms with Crippen LogP contribution in [0.4, 0.5) is 5.69 Å². The molecule has 1 atom stereocenters. The van der Waals surface area contributed by atoms with Crippen molar-refractivity contribution in [2.24, 2.45) is 16.6 Å². The minimum atomic E-state index is 0.163. The molecule has 7 nitrogen and oxygen atoms in total. The molecule has 1 unspecified atom stereocenters. The number of fused-ring (bicyclic) bond motifs is 1. The number of nitrogens with zero attached hydrogens (tertiary/aromatic N) is 4. The van der Waals surface area contributed by atoms with E-state index in [2.05, 4.69) is 25.1 Å². The third kappa shape index (κ3) is 4.49. The number of aromatic nitrogens is 3. The molecule has 0 saturated carbocycles. The van der Waals surface area contributed by atoms with Crippen LogP contribution < -0.4 is 15.8 Å². The molecule has 0 saturated heterocycles. The molecule has 1 aliphatic rings. The van der Waals surface area contributed by atoms with Gasteiger partial charge in [-0.2, -0.15) is 0 Å². The molecule has 7 heteroatoms. The second-order valence-corrected chi connectivity index (χ2v) is 6.72. The Hall–Kier alpha value is -2.57. The van der Waals surface area contributed by atoms with Gasteiger partial charge in [-0.3, -0.25) is 4.99 Å². The Morgan fingerprint density at radius 3 is 2.84 bits per heavy atom. The van der Waals surface area contributed by atoms with Crippen LogP contribution in [0.25, 0.3) is 0 Å². The summed E-state index contributed by atoms with van der Waals surface area (Å²) in [6.07, 6.45) is 2.18. The van der Waals surface area contributed by atoms with Crippen molar-refractivity contribution in [2.45, 2.75) is 46.3 Å². The third-order valence-electron chi connectivity index (χ3n) is 4.25. The van der Waals surface area contributed by atoms with Crippen LogP contribution in [0.3, 0.4) is 0 Å². The number of guanidine groups is 1. The molecular formula is C18H26N6O. The number of nitrogens with one attached hydrogen (secondary N) is 1. The maximum atomic E-state index is 6.02. The van der Waals surface area contributed by atoms with E-state index in [1.54, 1.807) is 0 Å². The molecule has 1 aliphatic heterocycles. The number of aliphatic imine (C=N–C) groups is 1. The van der Waals surface area contributed by atoms with Crippen molar-refractivity contribution in [3.63, 3.8) is 0 Å². The van der Waals surface area contributed by atoms with Crippen molar-refractivity contribution in [3.05, 3.63) is 35.9 Å². The van der Waals surface area contributed by atoms with Gasteiger partial charge in [0, 0.05) is 25.2 Å². The minimum Gasteiger partial charge on any atom is -0.491 e. The monoisotopic (exact) mass is 342 g/mol. The van der Waals surface area contributed by atoms with Gasteiger partial charge in [0.1, 0.15) is 17.4 Å². The van der Waals surface area contributed by atoms with E-state index in [9.17, 15) is 0 Å². The number of rotatable bonds is 5. The maximum absolute atomic E-state index is 6.02. The molecule has 3 N–H and O–H groups in total. The highest BCUT2D eigenvalue weighted by Crippen LogP contribution is 2.20. The average molecular weight is 342 g/mol. The van der Waals surface area contributed by atoms with Crippen LogP contribution >= 0.6 is 0 Å². The highest BCUT2D eigenvalue weighted by molar-refractivity contribution is 5.92. The SMILES string of the molecule is Cc1nnc2n1CC(CN=C(N)Nc1ccc(OC(C)C)cc1)CC2. The average Bonchev–Trinajstić information content (AvgIpc) is 2.95. The second kappa shape index (κ2) is 7.55. The lowest BCUT2D eigenvalue weighted by molar-refractivity contribution is 0.242. The van der Waals surface area contributed by atoms with Crippen LogP contribution in [-0.2, 0) is 13.0 Å². The first-order chi connectivity index (χ1) is 12.0. The van der Waals surface area contributed by atoms with Crippen LogP contribution in [0.2, 0.25) is 0 Å². The number of hydrogen-bond donors (Lipinski definition) is 2. The Balaban J connectivity index is 1.53. The lowest BCUT2D eigenvalue weighted by Crippen LogP contribution is -2.27. The number of ether oxygens (including phenoxy) is 1. The molecule has 0 bridgehead atoms. The van der Waals surface area contributed by atoms with Gasteiger partial charge in [0.2, 0.25) is 0 Å². The molecule has 0 spiro atoms. The first kappa shape index (κ1) is 17.3. The molecule has 1 aromatic heterocycles. The molecule has 2 heterocycles. The van der Waals surface area contributed by atoms with Gasteiger partial charge in [0.25, 0.3) is 0 Å². The molecule has 0 radical (unpaired) electrons. The molecule has 0 fully saturated rings. The van der Waals surface area contributed by atoms with E-state index in [0.717, 1.165) is 42.5 Å². The summed E-state index contributed by atoms with van der Waals surface area (Å²) >= 11 is 0. The third-order valence-corrected chi connectivity index (χ3v) is 4.25. The number of benzene rings is 1. The highest BCUT2D eigenvalue weighted by Gasteiger charge is 2.21. The Labute approximate surface area is 148 Å². The summed E-state index contributed by atoms with van der Waals surface area (Å²) in [6.45, 7) is 7.61. The van der Waals surface area contributed by atoms with E-state index in [0.29, 0.717) is 18.4 Å².